The standard InChI is InChI=1S/C12H7ClN2O/c13-12-14-11(15-16-12)10-6-5-8-3-1-2-4-9(8)7-10/h1-7H. The fraction of sp³-hybridized carbons (Fsp3) is 0. The molecule has 0 atom stereocenters. The number of benzene rings is 2. The molecule has 3 aromatic rings. The Morgan fingerprint density at radius 1 is 1.00 bits per heavy atom. The molecule has 0 bridgehead atoms. The van der Waals surface area contributed by atoms with E-state index in [0.717, 1.165) is 10.9 Å². The van der Waals surface area contributed by atoms with Crippen LogP contribution >= 0.6 is 11.6 Å². The lowest BCUT2D eigenvalue weighted by atomic mass is 10.1. The van der Waals surface area contributed by atoms with Crippen molar-refractivity contribution in [2.45, 2.75) is 0 Å². The van der Waals surface area contributed by atoms with Gasteiger partial charge in [0.15, 0.2) is 0 Å². The van der Waals surface area contributed by atoms with Crippen LogP contribution < -0.4 is 0 Å². The maximum atomic E-state index is 5.59. The molecule has 0 saturated carbocycles. The van der Waals surface area contributed by atoms with Gasteiger partial charge in [-0.05, 0) is 28.4 Å². The van der Waals surface area contributed by atoms with E-state index < -0.39 is 0 Å². The van der Waals surface area contributed by atoms with Crippen LogP contribution in [0.3, 0.4) is 0 Å². The summed E-state index contributed by atoms with van der Waals surface area (Å²) in [5.41, 5.74) is 0.898. The first-order valence-corrected chi connectivity index (χ1v) is 5.19. The average Bonchev–Trinajstić information content (AvgIpc) is 2.75. The molecular formula is C12H7ClN2O. The van der Waals surface area contributed by atoms with E-state index in [9.17, 15) is 0 Å². The molecule has 0 spiro atoms. The van der Waals surface area contributed by atoms with Crippen LogP contribution in [0, 0.1) is 0 Å². The van der Waals surface area contributed by atoms with Crippen molar-refractivity contribution in [2.75, 3.05) is 0 Å². The highest BCUT2D eigenvalue weighted by molar-refractivity contribution is 6.27. The Morgan fingerprint density at radius 2 is 1.81 bits per heavy atom. The first-order chi connectivity index (χ1) is 7.83. The highest BCUT2D eigenvalue weighted by atomic mass is 35.5. The van der Waals surface area contributed by atoms with Crippen LogP contribution in [0.2, 0.25) is 5.35 Å². The Morgan fingerprint density at radius 3 is 2.56 bits per heavy atom. The zero-order valence-electron chi connectivity index (χ0n) is 8.22. The zero-order chi connectivity index (χ0) is 11.0. The SMILES string of the molecule is Clc1nc(-c2ccc3ccccc3c2)no1. The van der Waals surface area contributed by atoms with Crippen molar-refractivity contribution < 1.29 is 4.52 Å². The molecule has 0 aliphatic rings. The number of halogens is 1. The Hall–Kier alpha value is -1.87. The quantitative estimate of drug-likeness (QED) is 0.642. The van der Waals surface area contributed by atoms with Crippen molar-refractivity contribution in [1.29, 1.82) is 0 Å². The summed E-state index contributed by atoms with van der Waals surface area (Å²) in [5.74, 6) is 0.510. The molecule has 0 fully saturated rings. The van der Waals surface area contributed by atoms with Crippen molar-refractivity contribution in [2.24, 2.45) is 0 Å². The highest BCUT2D eigenvalue weighted by Gasteiger charge is 2.06. The Labute approximate surface area is 96.7 Å². The summed E-state index contributed by atoms with van der Waals surface area (Å²) < 4.78 is 4.74. The van der Waals surface area contributed by atoms with Crippen molar-refractivity contribution in [3.05, 3.63) is 47.8 Å². The molecule has 3 nitrogen and oxygen atoms in total. The number of rotatable bonds is 1. The lowest BCUT2D eigenvalue weighted by Crippen LogP contribution is -1.80. The van der Waals surface area contributed by atoms with Crippen LogP contribution in [-0.4, -0.2) is 10.1 Å². The van der Waals surface area contributed by atoms with Crippen molar-refractivity contribution in [3.8, 4) is 11.4 Å². The number of fused-ring (bicyclic) bond motifs is 1. The van der Waals surface area contributed by atoms with Crippen LogP contribution in [0.5, 0.6) is 0 Å². The van der Waals surface area contributed by atoms with Gasteiger partial charge in [-0.15, -0.1) is 0 Å². The predicted octanol–water partition coefficient (Wildman–Crippen LogP) is 3.54. The lowest BCUT2D eigenvalue weighted by molar-refractivity contribution is 0.421. The van der Waals surface area contributed by atoms with Gasteiger partial charge < -0.3 is 4.52 Å². The van der Waals surface area contributed by atoms with Gasteiger partial charge in [-0.2, -0.15) is 4.98 Å². The molecule has 78 valence electrons. The fourth-order valence-corrected chi connectivity index (χ4v) is 1.77. The average molecular weight is 231 g/mol. The smallest absolute Gasteiger partial charge is 0.320 e. The van der Waals surface area contributed by atoms with E-state index in [4.69, 9.17) is 16.1 Å². The molecule has 0 aliphatic heterocycles. The third-order valence-corrected chi connectivity index (χ3v) is 2.56. The zero-order valence-corrected chi connectivity index (χ0v) is 8.98. The Bertz CT molecular complexity index is 648. The van der Waals surface area contributed by atoms with Gasteiger partial charge in [-0.3, -0.25) is 0 Å². The number of aromatic nitrogens is 2. The molecule has 3 rings (SSSR count). The second-order valence-electron chi connectivity index (χ2n) is 3.43. The summed E-state index contributed by atoms with van der Waals surface area (Å²) >= 11 is 5.59. The summed E-state index contributed by atoms with van der Waals surface area (Å²) in [6.07, 6.45) is 0. The van der Waals surface area contributed by atoms with E-state index in [0.29, 0.717) is 5.82 Å². The molecule has 0 aliphatic carbocycles. The monoisotopic (exact) mass is 230 g/mol. The Balaban J connectivity index is 2.18. The summed E-state index contributed by atoms with van der Waals surface area (Å²) in [6, 6.07) is 14.1. The summed E-state index contributed by atoms with van der Waals surface area (Å²) in [6.45, 7) is 0. The van der Waals surface area contributed by atoms with Gasteiger partial charge in [0.2, 0.25) is 5.82 Å². The number of hydrogen-bond acceptors (Lipinski definition) is 3. The molecule has 1 heterocycles. The summed E-state index contributed by atoms with van der Waals surface area (Å²) in [5, 5.41) is 6.15. The molecule has 4 heteroatoms. The summed E-state index contributed by atoms with van der Waals surface area (Å²) in [4.78, 5) is 3.98. The van der Waals surface area contributed by atoms with E-state index in [-0.39, 0.29) is 5.35 Å². The van der Waals surface area contributed by atoms with Gasteiger partial charge >= 0.3 is 5.35 Å². The normalized spacial score (nSPS) is 10.8. The predicted molar refractivity (Wildman–Crippen MR) is 62.3 cm³/mol. The van der Waals surface area contributed by atoms with E-state index >= 15 is 0 Å². The molecule has 0 unspecified atom stereocenters. The Kier molecular flexibility index (Phi) is 2.11. The van der Waals surface area contributed by atoms with Crippen LogP contribution in [0.1, 0.15) is 0 Å². The van der Waals surface area contributed by atoms with Crippen LogP contribution in [0.25, 0.3) is 22.2 Å². The third kappa shape index (κ3) is 1.55. The largest absolute Gasteiger partial charge is 0.321 e. The van der Waals surface area contributed by atoms with Crippen LogP contribution in [0.4, 0.5) is 0 Å². The van der Waals surface area contributed by atoms with E-state index in [1.165, 1.54) is 5.39 Å². The maximum Gasteiger partial charge on any atom is 0.320 e. The molecule has 1 aromatic heterocycles. The topological polar surface area (TPSA) is 38.9 Å². The van der Waals surface area contributed by atoms with Gasteiger partial charge in [0.05, 0.1) is 0 Å². The van der Waals surface area contributed by atoms with Gasteiger partial charge in [0, 0.05) is 5.56 Å². The van der Waals surface area contributed by atoms with Crippen LogP contribution in [-0.2, 0) is 0 Å². The minimum absolute atomic E-state index is 0.0585. The van der Waals surface area contributed by atoms with Crippen molar-refractivity contribution in [3.63, 3.8) is 0 Å². The molecule has 0 radical (unpaired) electrons. The molecule has 2 aromatic carbocycles. The number of nitrogens with zero attached hydrogens (tertiary/aromatic N) is 2. The van der Waals surface area contributed by atoms with E-state index in [2.05, 4.69) is 16.2 Å². The molecular weight excluding hydrogens is 224 g/mol. The van der Waals surface area contributed by atoms with E-state index in [1.54, 1.807) is 0 Å². The van der Waals surface area contributed by atoms with Crippen molar-refractivity contribution >= 4 is 22.4 Å². The maximum absolute atomic E-state index is 5.59. The minimum Gasteiger partial charge on any atom is -0.321 e. The van der Waals surface area contributed by atoms with Gasteiger partial charge in [0.25, 0.3) is 0 Å². The lowest BCUT2D eigenvalue weighted by Gasteiger charge is -1.98. The first kappa shape index (κ1) is 9.36. The summed E-state index contributed by atoms with van der Waals surface area (Å²) in [7, 11) is 0. The third-order valence-electron chi connectivity index (χ3n) is 2.41. The van der Waals surface area contributed by atoms with Gasteiger partial charge in [-0.25, -0.2) is 0 Å². The second-order valence-corrected chi connectivity index (χ2v) is 3.76. The molecule has 0 saturated heterocycles. The number of hydrogen-bond donors (Lipinski definition) is 0. The first-order valence-electron chi connectivity index (χ1n) is 4.81. The minimum atomic E-state index is 0.0585. The highest BCUT2D eigenvalue weighted by Crippen LogP contribution is 2.22. The van der Waals surface area contributed by atoms with Gasteiger partial charge in [0.1, 0.15) is 0 Å². The van der Waals surface area contributed by atoms with Crippen molar-refractivity contribution in [1.82, 2.24) is 10.1 Å². The second kappa shape index (κ2) is 3.61. The fourth-order valence-electron chi connectivity index (χ4n) is 1.65. The van der Waals surface area contributed by atoms with E-state index in [1.807, 2.05) is 36.4 Å². The van der Waals surface area contributed by atoms with Gasteiger partial charge in [-0.1, -0.05) is 41.6 Å². The molecule has 0 amide bonds. The molecule has 0 N–H and O–H groups in total. The van der Waals surface area contributed by atoms with Crippen LogP contribution in [0.15, 0.2) is 47.0 Å². The molecule has 16 heavy (non-hydrogen) atoms.